The van der Waals surface area contributed by atoms with Gasteiger partial charge < -0.3 is 4.74 Å². The zero-order chi connectivity index (χ0) is 18.1. The molecule has 1 aromatic rings. The molecule has 1 saturated carbocycles. The number of carbonyl (C=O) groups is 1. The smallest absolute Gasteiger partial charge is 0.240 e. The number of hydrogen-bond donors (Lipinski definition) is 1. The summed E-state index contributed by atoms with van der Waals surface area (Å²) in [5, 5.41) is 5.00. The molecule has 1 N–H and O–H groups in total. The van der Waals surface area contributed by atoms with Crippen LogP contribution in [0.5, 0.6) is 5.75 Å². The molecule has 1 fully saturated rings. The zero-order valence-corrected chi connectivity index (χ0v) is 16.1. The number of hydrazone groups is 1. The SMILES string of the molecule is CCCC1CCC(=NNC(=O)CCCOc2ccc(Cl)cc2C)CC1. The number of carbonyl (C=O) groups excluding carboxylic acids is 1. The van der Waals surface area contributed by atoms with Crippen molar-refractivity contribution in [2.75, 3.05) is 6.61 Å². The molecule has 0 heterocycles. The molecule has 0 bridgehead atoms. The molecule has 0 aliphatic heterocycles. The average Bonchev–Trinajstić information content (AvgIpc) is 2.60. The summed E-state index contributed by atoms with van der Waals surface area (Å²) in [5.41, 5.74) is 4.83. The lowest BCUT2D eigenvalue weighted by Gasteiger charge is -2.22. The van der Waals surface area contributed by atoms with Crippen LogP contribution in [0.1, 0.15) is 63.9 Å². The Hall–Kier alpha value is -1.55. The minimum atomic E-state index is -0.0420. The third kappa shape index (κ3) is 7.07. The van der Waals surface area contributed by atoms with E-state index in [9.17, 15) is 4.79 Å². The van der Waals surface area contributed by atoms with E-state index in [4.69, 9.17) is 16.3 Å². The molecule has 0 aromatic heterocycles. The molecular formula is C20H29ClN2O2. The summed E-state index contributed by atoms with van der Waals surface area (Å²) in [5.74, 6) is 1.61. The van der Waals surface area contributed by atoms with Crippen molar-refractivity contribution in [3.63, 3.8) is 0 Å². The molecule has 1 aromatic carbocycles. The number of benzene rings is 1. The maximum absolute atomic E-state index is 11.9. The number of hydrogen-bond acceptors (Lipinski definition) is 3. The molecule has 1 amide bonds. The summed E-state index contributed by atoms with van der Waals surface area (Å²) in [4.78, 5) is 11.9. The van der Waals surface area contributed by atoms with Gasteiger partial charge in [-0.15, -0.1) is 0 Å². The predicted octanol–water partition coefficient (Wildman–Crippen LogP) is 5.27. The van der Waals surface area contributed by atoms with Crippen LogP contribution in [-0.4, -0.2) is 18.2 Å². The third-order valence-electron chi connectivity index (χ3n) is 4.66. The number of halogens is 1. The highest BCUT2D eigenvalue weighted by molar-refractivity contribution is 6.30. The molecule has 0 spiro atoms. The molecule has 5 heteroatoms. The van der Waals surface area contributed by atoms with Gasteiger partial charge in [-0.05, 0) is 68.7 Å². The highest BCUT2D eigenvalue weighted by Crippen LogP contribution is 2.26. The van der Waals surface area contributed by atoms with Crippen molar-refractivity contribution in [1.29, 1.82) is 0 Å². The number of nitrogens with zero attached hydrogens (tertiary/aromatic N) is 1. The predicted molar refractivity (Wildman–Crippen MR) is 103 cm³/mol. The lowest BCUT2D eigenvalue weighted by atomic mass is 9.85. The van der Waals surface area contributed by atoms with Crippen molar-refractivity contribution in [2.45, 2.75) is 65.2 Å². The summed E-state index contributed by atoms with van der Waals surface area (Å²) in [6.45, 7) is 4.70. The number of aryl methyl sites for hydroxylation is 1. The van der Waals surface area contributed by atoms with Gasteiger partial charge in [-0.3, -0.25) is 4.79 Å². The normalized spacial score (nSPS) is 17.2. The number of nitrogens with one attached hydrogen (secondary N) is 1. The van der Waals surface area contributed by atoms with Crippen molar-refractivity contribution in [1.82, 2.24) is 5.43 Å². The van der Waals surface area contributed by atoms with Crippen molar-refractivity contribution >= 4 is 23.2 Å². The Morgan fingerprint density at radius 3 is 2.80 bits per heavy atom. The maximum atomic E-state index is 11.9. The van der Waals surface area contributed by atoms with Gasteiger partial charge in [0.15, 0.2) is 0 Å². The fourth-order valence-electron chi connectivity index (χ4n) is 3.21. The first-order valence-electron chi connectivity index (χ1n) is 9.31. The zero-order valence-electron chi connectivity index (χ0n) is 15.3. The van der Waals surface area contributed by atoms with Crippen LogP contribution >= 0.6 is 11.6 Å². The molecular weight excluding hydrogens is 336 g/mol. The Morgan fingerprint density at radius 2 is 2.12 bits per heavy atom. The second-order valence-corrected chi connectivity index (χ2v) is 7.24. The first-order chi connectivity index (χ1) is 12.1. The fraction of sp³-hybridized carbons (Fsp3) is 0.600. The summed E-state index contributed by atoms with van der Waals surface area (Å²) in [6, 6.07) is 5.54. The van der Waals surface area contributed by atoms with Gasteiger partial charge in [0.25, 0.3) is 0 Å². The average molecular weight is 365 g/mol. The Kier molecular flexibility index (Phi) is 8.26. The van der Waals surface area contributed by atoms with Gasteiger partial charge >= 0.3 is 0 Å². The second-order valence-electron chi connectivity index (χ2n) is 6.81. The van der Waals surface area contributed by atoms with Gasteiger partial charge in [0.05, 0.1) is 6.61 Å². The first kappa shape index (κ1) is 19.8. The van der Waals surface area contributed by atoms with E-state index in [0.29, 0.717) is 24.5 Å². The molecule has 4 nitrogen and oxygen atoms in total. The largest absolute Gasteiger partial charge is 0.493 e. The molecule has 1 aliphatic rings. The van der Waals surface area contributed by atoms with Crippen LogP contribution in [0.4, 0.5) is 0 Å². The van der Waals surface area contributed by atoms with Crippen LogP contribution in [0, 0.1) is 12.8 Å². The van der Waals surface area contributed by atoms with E-state index >= 15 is 0 Å². The molecule has 2 rings (SSSR count). The van der Waals surface area contributed by atoms with Crippen LogP contribution in [-0.2, 0) is 4.79 Å². The summed E-state index contributed by atoms with van der Waals surface area (Å²) >= 11 is 5.92. The molecule has 0 unspecified atom stereocenters. The molecule has 138 valence electrons. The minimum Gasteiger partial charge on any atom is -0.493 e. The van der Waals surface area contributed by atoms with Crippen LogP contribution in [0.3, 0.4) is 0 Å². The molecule has 25 heavy (non-hydrogen) atoms. The van der Waals surface area contributed by atoms with Crippen LogP contribution < -0.4 is 10.2 Å². The molecule has 0 atom stereocenters. The Balaban J connectivity index is 1.62. The monoisotopic (exact) mass is 364 g/mol. The van der Waals surface area contributed by atoms with Crippen molar-refractivity contribution < 1.29 is 9.53 Å². The van der Waals surface area contributed by atoms with Crippen molar-refractivity contribution in [3.05, 3.63) is 28.8 Å². The van der Waals surface area contributed by atoms with Gasteiger partial charge in [-0.1, -0.05) is 31.4 Å². The van der Waals surface area contributed by atoms with Crippen LogP contribution in [0.2, 0.25) is 5.02 Å². The van der Waals surface area contributed by atoms with E-state index in [2.05, 4.69) is 17.5 Å². The van der Waals surface area contributed by atoms with E-state index in [1.165, 1.54) is 25.7 Å². The van der Waals surface area contributed by atoms with E-state index in [-0.39, 0.29) is 5.91 Å². The lowest BCUT2D eigenvalue weighted by molar-refractivity contribution is -0.121. The molecule has 0 radical (unpaired) electrons. The Bertz CT molecular complexity index is 591. The third-order valence-corrected chi connectivity index (χ3v) is 4.90. The van der Waals surface area contributed by atoms with Crippen molar-refractivity contribution in [3.8, 4) is 5.75 Å². The standard InChI is InChI=1S/C20H29ClN2O2/c1-3-5-16-7-10-18(11-8-16)22-23-20(24)6-4-13-25-19-12-9-17(21)14-15(19)2/h9,12,14,16H,3-8,10-11,13H2,1-2H3,(H,23,24). The van der Waals surface area contributed by atoms with Gasteiger partial charge in [-0.2, -0.15) is 5.10 Å². The van der Waals surface area contributed by atoms with Crippen LogP contribution in [0.25, 0.3) is 0 Å². The second kappa shape index (κ2) is 10.4. The fourth-order valence-corrected chi connectivity index (χ4v) is 3.43. The molecule has 0 saturated heterocycles. The van der Waals surface area contributed by atoms with Crippen LogP contribution in [0.15, 0.2) is 23.3 Å². The summed E-state index contributed by atoms with van der Waals surface area (Å²) < 4.78 is 5.70. The number of rotatable bonds is 8. The first-order valence-corrected chi connectivity index (χ1v) is 9.69. The Morgan fingerprint density at radius 1 is 1.36 bits per heavy atom. The highest BCUT2D eigenvalue weighted by atomic mass is 35.5. The van der Waals surface area contributed by atoms with Crippen molar-refractivity contribution in [2.24, 2.45) is 11.0 Å². The maximum Gasteiger partial charge on any atom is 0.240 e. The minimum absolute atomic E-state index is 0.0420. The summed E-state index contributed by atoms with van der Waals surface area (Å²) in [6.07, 6.45) is 8.10. The van der Waals surface area contributed by atoms with E-state index in [0.717, 1.165) is 35.8 Å². The topological polar surface area (TPSA) is 50.7 Å². The van der Waals surface area contributed by atoms with Gasteiger partial charge in [0, 0.05) is 17.2 Å². The summed E-state index contributed by atoms with van der Waals surface area (Å²) in [7, 11) is 0. The van der Waals surface area contributed by atoms with Gasteiger partial charge in [0.2, 0.25) is 5.91 Å². The highest BCUT2D eigenvalue weighted by Gasteiger charge is 2.16. The van der Waals surface area contributed by atoms with Gasteiger partial charge in [-0.25, -0.2) is 5.43 Å². The molecule has 1 aliphatic carbocycles. The Labute approximate surface area is 156 Å². The quantitative estimate of drug-likeness (QED) is 0.504. The van der Waals surface area contributed by atoms with E-state index < -0.39 is 0 Å². The van der Waals surface area contributed by atoms with E-state index in [1.54, 1.807) is 0 Å². The number of amides is 1. The van der Waals surface area contributed by atoms with Gasteiger partial charge in [0.1, 0.15) is 5.75 Å². The van der Waals surface area contributed by atoms with E-state index in [1.807, 2.05) is 25.1 Å². The number of ether oxygens (including phenoxy) is 1. The lowest BCUT2D eigenvalue weighted by Crippen LogP contribution is -2.22.